The second kappa shape index (κ2) is 8.17. The Hall–Kier alpha value is -1.57. The molecule has 22 heavy (non-hydrogen) atoms. The summed E-state index contributed by atoms with van der Waals surface area (Å²) in [6.07, 6.45) is 2.02. The topological polar surface area (TPSA) is 49.7 Å². The van der Waals surface area contributed by atoms with Crippen molar-refractivity contribution in [2.45, 2.75) is 32.0 Å². The normalized spacial score (nSPS) is 12.7. The Balaban J connectivity index is 2.34. The standard InChI is InChI=1S/C18H23O3P/c1-3-6-18(15-11-14(21-2)9-10-16(15)20)22-17-8-5-4-7-13(17)12-19/h4-5,7-11,18-20,22H,3,6,12H2,1-2H3. The number of aliphatic hydroxyl groups excluding tert-OH is 1. The summed E-state index contributed by atoms with van der Waals surface area (Å²) in [5.74, 6) is 1.07. The van der Waals surface area contributed by atoms with E-state index >= 15 is 0 Å². The highest BCUT2D eigenvalue weighted by molar-refractivity contribution is 7.47. The van der Waals surface area contributed by atoms with Crippen LogP contribution in [0.25, 0.3) is 0 Å². The molecule has 4 heteroatoms. The zero-order valence-electron chi connectivity index (χ0n) is 13.0. The lowest BCUT2D eigenvalue weighted by molar-refractivity contribution is 0.283. The van der Waals surface area contributed by atoms with Crippen LogP contribution in [0.3, 0.4) is 0 Å². The molecule has 0 fully saturated rings. The van der Waals surface area contributed by atoms with Crippen LogP contribution < -0.4 is 10.0 Å². The maximum Gasteiger partial charge on any atom is 0.119 e. The van der Waals surface area contributed by atoms with Crippen molar-refractivity contribution in [3.8, 4) is 11.5 Å². The minimum atomic E-state index is 0.0477. The van der Waals surface area contributed by atoms with E-state index in [1.54, 1.807) is 19.2 Å². The molecule has 0 bridgehead atoms. The maximum absolute atomic E-state index is 10.2. The number of hydrogen-bond acceptors (Lipinski definition) is 3. The van der Waals surface area contributed by atoms with E-state index in [0.717, 1.165) is 35.0 Å². The first kappa shape index (κ1) is 16.8. The van der Waals surface area contributed by atoms with Crippen LogP contribution in [0, 0.1) is 0 Å². The Labute approximate surface area is 133 Å². The Kier molecular flexibility index (Phi) is 6.23. The monoisotopic (exact) mass is 318 g/mol. The third kappa shape index (κ3) is 4.00. The Morgan fingerprint density at radius 3 is 2.64 bits per heavy atom. The predicted octanol–water partition coefficient (Wildman–Crippen LogP) is 3.74. The van der Waals surface area contributed by atoms with E-state index in [1.807, 2.05) is 24.3 Å². The van der Waals surface area contributed by atoms with Gasteiger partial charge in [0.1, 0.15) is 11.5 Å². The van der Waals surface area contributed by atoms with E-state index in [2.05, 4.69) is 13.0 Å². The minimum absolute atomic E-state index is 0.0477. The summed E-state index contributed by atoms with van der Waals surface area (Å²) < 4.78 is 5.29. The number of aliphatic hydroxyl groups is 1. The third-order valence-corrected chi connectivity index (χ3v) is 5.45. The molecule has 0 amide bonds. The molecule has 118 valence electrons. The summed E-state index contributed by atoms with van der Waals surface area (Å²) in [5, 5.41) is 20.9. The molecular formula is C18H23O3P. The molecule has 2 aromatic rings. The largest absolute Gasteiger partial charge is 0.508 e. The van der Waals surface area contributed by atoms with Gasteiger partial charge in [0.25, 0.3) is 0 Å². The first-order chi connectivity index (χ1) is 10.7. The van der Waals surface area contributed by atoms with Crippen molar-refractivity contribution >= 4 is 13.9 Å². The highest BCUT2D eigenvalue weighted by Crippen LogP contribution is 2.43. The molecule has 0 aliphatic carbocycles. The molecule has 0 radical (unpaired) electrons. The van der Waals surface area contributed by atoms with Gasteiger partial charge in [0, 0.05) is 11.2 Å². The zero-order valence-corrected chi connectivity index (χ0v) is 14.0. The molecule has 2 rings (SSSR count). The van der Waals surface area contributed by atoms with Crippen molar-refractivity contribution in [2.24, 2.45) is 0 Å². The fraction of sp³-hybridized carbons (Fsp3) is 0.333. The molecule has 2 N–H and O–H groups in total. The van der Waals surface area contributed by atoms with Gasteiger partial charge < -0.3 is 14.9 Å². The van der Waals surface area contributed by atoms with E-state index in [9.17, 15) is 10.2 Å². The molecule has 2 aromatic carbocycles. The summed E-state index contributed by atoms with van der Waals surface area (Å²) in [6.45, 7) is 2.19. The van der Waals surface area contributed by atoms with Crippen molar-refractivity contribution in [1.82, 2.24) is 0 Å². The first-order valence-electron chi connectivity index (χ1n) is 7.51. The number of ether oxygens (including phenoxy) is 1. The van der Waals surface area contributed by atoms with Gasteiger partial charge in [0.15, 0.2) is 0 Å². The van der Waals surface area contributed by atoms with Gasteiger partial charge in [-0.15, -0.1) is 0 Å². The molecule has 0 saturated heterocycles. The van der Waals surface area contributed by atoms with Crippen LogP contribution in [-0.4, -0.2) is 17.3 Å². The van der Waals surface area contributed by atoms with E-state index in [4.69, 9.17) is 4.74 Å². The number of aromatic hydroxyl groups is 1. The molecule has 2 unspecified atom stereocenters. The van der Waals surface area contributed by atoms with Gasteiger partial charge >= 0.3 is 0 Å². The second-order valence-electron chi connectivity index (χ2n) is 5.23. The van der Waals surface area contributed by atoms with Crippen LogP contribution in [0.1, 0.15) is 36.6 Å². The number of methoxy groups -OCH3 is 1. The quantitative estimate of drug-likeness (QED) is 0.765. The highest BCUT2D eigenvalue weighted by Gasteiger charge is 2.17. The van der Waals surface area contributed by atoms with Crippen LogP contribution in [0.15, 0.2) is 42.5 Å². The average molecular weight is 318 g/mol. The molecule has 0 aliphatic heterocycles. The van der Waals surface area contributed by atoms with Gasteiger partial charge in [-0.2, -0.15) is 0 Å². The summed E-state index contributed by atoms with van der Waals surface area (Å²) >= 11 is 0. The highest BCUT2D eigenvalue weighted by atomic mass is 31.1. The number of phenols is 1. The fourth-order valence-corrected chi connectivity index (χ4v) is 4.25. The summed E-state index contributed by atoms with van der Waals surface area (Å²) in [6, 6.07) is 13.3. The summed E-state index contributed by atoms with van der Waals surface area (Å²) in [5.41, 5.74) is 2.12. The zero-order chi connectivity index (χ0) is 15.9. The second-order valence-corrected chi connectivity index (χ2v) is 6.75. The first-order valence-corrected chi connectivity index (χ1v) is 8.59. The SMILES string of the molecule is CCCC(Pc1ccccc1CO)c1cc(OC)ccc1O. The number of benzene rings is 2. The lowest BCUT2D eigenvalue weighted by Gasteiger charge is -2.20. The van der Waals surface area contributed by atoms with Crippen molar-refractivity contribution in [2.75, 3.05) is 7.11 Å². The van der Waals surface area contributed by atoms with Crippen molar-refractivity contribution in [3.63, 3.8) is 0 Å². The lowest BCUT2D eigenvalue weighted by atomic mass is 10.1. The van der Waals surface area contributed by atoms with E-state index in [0.29, 0.717) is 14.3 Å². The number of hydrogen-bond donors (Lipinski definition) is 2. The fourth-order valence-electron chi connectivity index (χ4n) is 2.52. The van der Waals surface area contributed by atoms with Gasteiger partial charge in [0.05, 0.1) is 13.7 Å². The summed E-state index contributed by atoms with van der Waals surface area (Å²) in [4.78, 5) is 0. The van der Waals surface area contributed by atoms with Crippen molar-refractivity contribution < 1.29 is 14.9 Å². The van der Waals surface area contributed by atoms with Gasteiger partial charge in [-0.3, -0.25) is 0 Å². The van der Waals surface area contributed by atoms with Crippen LogP contribution in [0.4, 0.5) is 0 Å². The molecule has 0 saturated carbocycles. The molecular weight excluding hydrogens is 295 g/mol. The molecule has 0 spiro atoms. The minimum Gasteiger partial charge on any atom is -0.508 e. The van der Waals surface area contributed by atoms with Crippen molar-refractivity contribution in [1.29, 1.82) is 0 Å². The van der Waals surface area contributed by atoms with Gasteiger partial charge in [-0.25, -0.2) is 0 Å². The molecule has 2 atom stereocenters. The lowest BCUT2D eigenvalue weighted by Crippen LogP contribution is -2.07. The van der Waals surface area contributed by atoms with E-state index in [-0.39, 0.29) is 12.3 Å². The molecule has 0 aromatic heterocycles. The Morgan fingerprint density at radius 1 is 1.18 bits per heavy atom. The number of phenolic OH excluding ortho intramolecular Hbond substituents is 1. The molecule has 0 aliphatic rings. The van der Waals surface area contributed by atoms with Gasteiger partial charge in [-0.1, -0.05) is 46.2 Å². The third-order valence-electron chi connectivity index (χ3n) is 3.70. The Morgan fingerprint density at radius 2 is 1.95 bits per heavy atom. The van der Waals surface area contributed by atoms with Crippen LogP contribution in [0.5, 0.6) is 11.5 Å². The number of rotatable bonds is 7. The van der Waals surface area contributed by atoms with Gasteiger partial charge in [0.2, 0.25) is 0 Å². The van der Waals surface area contributed by atoms with E-state index in [1.165, 1.54) is 0 Å². The Bertz CT molecular complexity index is 613. The van der Waals surface area contributed by atoms with Crippen LogP contribution in [0.2, 0.25) is 0 Å². The van der Waals surface area contributed by atoms with Crippen LogP contribution >= 0.6 is 8.58 Å². The molecule has 0 heterocycles. The smallest absolute Gasteiger partial charge is 0.119 e. The van der Waals surface area contributed by atoms with Crippen molar-refractivity contribution in [3.05, 3.63) is 53.6 Å². The maximum atomic E-state index is 10.2. The van der Waals surface area contributed by atoms with Gasteiger partial charge in [-0.05, 0) is 35.5 Å². The summed E-state index contributed by atoms with van der Waals surface area (Å²) in [7, 11) is 2.14. The van der Waals surface area contributed by atoms with E-state index < -0.39 is 0 Å². The average Bonchev–Trinajstić information content (AvgIpc) is 2.55. The predicted molar refractivity (Wildman–Crippen MR) is 92.6 cm³/mol. The van der Waals surface area contributed by atoms with Crippen LogP contribution in [-0.2, 0) is 6.61 Å². The molecule has 3 nitrogen and oxygen atoms in total.